The largest absolute Gasteiger partial charge is 0.347 e. The molecule has 0 aliphatic heterocycles. The minimum absolute atomic E-state index is 0.291. The van der Waals surface area contributed by atoms with E-state index in [4.69, 9.17) is 0 Å². The molecule has 1 heteroatoms. The second-order valence-corrected chi connectivity index (χ2v) is 4.91. The van der Waals surface area contributed by atoms with Crippen LogP contribution in [-0.2, 0) is 0 Å². The van der Waals surface area contributed by atoms with Gasteiger partial charge in [-0.25, -0.2) is 0 Å². The first-order valence-electron chi connectivity index (χ1n) is 6.56. The molecule has 0 aromatic heterocycles. The quantitative estimate of drug-likeness (QED) is 0.436. The van der Waals surface area contributed by atoms with Crippen molar-refractivity contribution >= 4 is 11.9 Å². The lowest BCUT2D eigenvalue weighted by atomic mass is 10.0. The van der Waals surface area contributed by atoms with Gasteiger partial charge in [-0.05, 0) is 35.3 Å². The highest BCUT2D eigenvalue weighted by Gasteiger charge is 2.08. The van der Waals surface area contributed by atoms with E-state index in [9.17, 15) is 4.79 Å². The molecule has 0 aliphatic rings. The molecule has 0 saturated heterocycles. The molecule has 2 rings (SSSR count). The van der Waals surface area contributed by atoms with E-state index in [1.165, 1.54) is 5.56 Å². The van der Waals surface area contributed by atoms with Crippen molar-refractivity contribution in [2.24, 2.45) is 0 Å². The van der Waals surface area contributed by atoms with Crippen molar-refractivity contribution in [3.05, 3.63) is 77.4 Å². The van der Waals surface area contributed by atoms with E-state index in [-0.39, 0.29) is 0 Å². The van der Waals surface area contributed by atoms with Crippen LogP contribution in [0.2, 0.25) is 0 Å². The maximum Gasteiger partial charge on any atom is 0.347 e. The molecule has 0 saturated carbocycles. The lowest BCUT2D eigenvalue weighted by molar-refractivity contribution is 0.681. The predicted octanol–water partition coefficient (Wildman–Crippen LogP) is 4.42. The van der Waals surface area contributed by atoms with Gasteiger partial charge in [-0.1, -0.05) is 56.3 Å². The average molecular weight is 251 g/mol. The Morgan fingerprint density at radius 2 is 1.58 bits per heavy atom. The Kier molecular flexibility index (Phi) is 4.30. The lowest BCUT2D eigenvalue weighted by Crippen LogP contribution is -1.97. The molecule has 0 atom stereocenters. The molecule has 0 aliphatic carbocycles. The van der Waals surface area contributed by atoms with Crippen molar-refractivity contribution in [2.75, 3.05) is 0 Å². The third-order valence-corrected chi connectivity index (χ3v) is 3.11. The molecule has 0 amide bonds. The summed E-state index contributed by atoms with van der Waals surface area (Å²) in [6, 6.07) is 18.0. The highest BCUT2D eigenvalue weighted by Crippen LogP contribution is 2.15. The van der Waals surface area contributed by atoms with E-state index in [1.54, 1.807) is 6.08 Å². The van der Waals surface area contributed by atoms with Crippen molar-refractivity contribution in [1.82, 2.24) is 0 Å². The zero-order valence-electron chi connectivity index (χ0n) is 11.4. The van der Waals surface area contributed by atoms with Crippen molar-refractivity contribution in [2.45, 2.75) is 19.8 Å². The topological polar surface area (TPSA) is 21.4 Å². The van der Waals surface area contributed by atoms with Crippen LogP contribution in [-0.4, -0.2) is 10.6 Å². The molecule has 2 aromatic carbocycles. The molecular weight excluding hydrogens is 232 g/mol. The van der Waals surface area contributed by atoms with Gasteiger partial charge < -0.3 is 0 Å². The van der Waals surface area contributed by atoms with Crippen LogP contribution < -0.4 is 0 Å². The number of ketones is 1. The van der Waals surface area contributed by atoms with Crippen molar-refractivity contribution in [3.8, 4) is 0 Å². The molecule has 0 unspecified atom stereocenters. The van der Waals surface area contributed by atoms with E-state index >= 15 is 0 Å². The second kappa shape index (κ2) is 6.14. The molecular formula is C18H19O+. The number of hydrogen-bond donors (Lipinski definition) is 0. The van der Waals surface area contributed by atoms with Crippen molar-refractivity contribution < 1.29 is 4.79 Å². The molecule has 1 N–H and O–H groups in total. The van der Waals surface area contributed by atoms with Crippen molar-refractivity contribution in [1.29, 1.82) is 0 Å². The fourth-order valence-corrected chi connectivity index (χ4v) is 1.87. The first kappa shape index (κ1) is 13.3. The molecule has 0 bridgehead atoms. The molecule has 96 valence electrons. The summed E-state index contributed by atoms with van der Waals surface area (Å²) >= 11 is 0. The summed E-state index contributed by atoms with van der Waals surface area (Å²) in [6.07, 6.45) is 3.64. The number of hydrogen-bond acceptors (Lipinski definition) is 0. The van der Waals surface area contributed by atoms with E-state index in [0.29, 0.717) is 11.7 Å². The van der Waals surface area contributed by atoms with E-state index < -0.39 is 0 Å². The smallest absolute Gasteiger partial charge is 0.273 e. The van der Waals surface area contributed by atoms with Gasteiger partial charge in [-0.2, -0.15) is 0 Å². The van der Waals surface area contributed by atoms with Crippen LogP contribution in [0.1, 0.15) is 36.5 Å². The normalized spacial score (nSPS) is 11.1. The third kappa shape index (κ3) is 3.65. The van der Waals surface area contributed by atoms with Crippen molar-refractivity contribution in [3.63, 3.8) is 0 Å². The molecule has 1 nitrogen and oxygen atoms in total. The van der Waals surface area contributed by atoms with Crippen LogP contribution in [0.4, 0.5) is 0 Å². The third-order valence-electron chi connectivity index (χ3n) is 3.11. The van der Waals surface area contributed by atoms with Gasteiger partial charge in [0.2, 0.25) is 0 Å². The summed E-state index contributed by atoms with van der Waals surface area (Å²) in [7, 11) is 0. The van der Waals surface area contributed by atoms with Gasteiger partial charge in [0.25, 0.3) is 0 Å². The van der Waals surface area contributed by atoms with Crippen LogP contribution in [0.5, 0.6) is 0 Å². The Hall–Kier alpha value is -2.15. The maximum atomic E-state index is 10.0. The maximum absolute atomic E-state index is 10.0. The van der Waals surface area contributed by atoms with E-state index in [1.807, 2.05) is 48.5 Å². The Balaban J connectivity index is 2.10. The van der Waals surface area contributed by atoms with Crippen LogP contribution in [0.25, 0.3) is 6.08 Å². The molecule has 0 spiro atoms. The molecule has 0 heterocycles. The molecule has 0 radical (unpaired) electrons. The van der Waals surface area contributed by atoms with Crippen LogP contribution in [0.3, 0.4) is 0 Å². The Morgan fingerprint density at radius 3 is 2.16 bits per heavy atom. The second-order valence-electron chi connectivity index (χ2n) is 4.91. The highest BCUT2D eigenvalue weighted by molar-refractivity contribution is 6.07. The number of allylic oxidation sites excluding steroid dienone is 1. The Bertz CT molecular complexity index is 562. The summed E-state index contributed by atoms with van der Waals surface area (Å²) in [5.74, 6) is 0.801. The fourth-order valence-electron chi connectivity index (χ4n) is 1.87. The number of carbonyl (C=O) groups excluding carboxylic acids is 1. The number of rotatable bonds is 4. The summed E-state index contributed by atoms with van der Waals surface area (Å²) in [5.41, 5.74) is 3.20. The average Bonchev–Trinajstić information content (AvgIpc) is 2.46. The van der Waals surface area contributed by atoms with Gasteiger partial charge in [0, 0.05) is 6.08 Å². The van der Waals surface area contributed by atoms with Gasteiger partial charge in [0.15, 0.2) is 0 Å². The summed E-state index contributed by atoms with van der Waals surface area (Å²) in [6.45, 7) is 4.32. The number of benzene rings is 2. The Labute approximate surface area is 114 Å². The van der Waals surface area contributed by atoms with Crippen LogP contribution >= 0.6 is 0 Å². The standard InChI is InChI=1S/C18H18O/c1-14(2)16-9-11-17(12-10-16)18(19)13-8-15-6-4-3-5-7-15/h3-14H,1-2H3/p+1/b13-8+. The zero-order valence-corrected chi connectivity index (χ0v) is 11.4. The molecule has 0 fully saturated rings. The van der Waals surface area contributed by atoms with Crippen LogP contribution in [0.15, 0.2) is 60.7 Å². The van der Waals surface area contributed by atoms with Gasteiger partial charge in [-0.3, -0.25) is 4.79 Å². The first-order chi connectivity index (χ1) is 9.16. The van der Waals surface area contributed by atoms with E-state index in [2.05, 4.69) is 26.0 Å². The fraction of sp³-hybridized carbons (Fsp3) is 0.167. The molecule has 19 heavy (non-hydrogen) atoms. The zero-order chi connectivity index (χ0) is 13.7. The summed E-state index contributed by atoms with van der Waals surface area (Å²) < 4.78 is 0. The van der Waals surface area contributed by atoms with Gasteiger partial charge in [-0.15, -0.1) is 0 Å². The first-order valence-corrected chi connectivity index (χ1v) is 6.56. The monoisotopic (exact) mass is 251 g/mol. The van der Waals surface area contributed by atoms with Crippen LogP contribution in [0, 0.1) is 0 Å². The minimum atomic E-state index is 0.291. The summed E-state index contributed by atoms with van der Waals surface area (Å²) in [4.78, 5) is 10.0. The van der Waals surface area contributed by atoms with Gasteiger partial charge in [0.05, 0.1) is 5.56 Å². The minimum Gasteiger partial charge on any atom is -0.273 e. The van der Waals surface area contributed by atoms with Gasteiger partial charge >= 0.3 is 5.78 Å². The highest BCUT2D eigenvalue weighted by atomic mass is 16.1. The predicted molar refractivity (Wildman–Crippen MR) is 82.1 cm³/mol. The molecule has 2 aromatic rings. The Morgan fingerprint density at radius 1 is 0.947 bits per heavy atom. The van der Waals surface area contributed by atoms with Gasteiger partial charge in [0.1, 0.15) is 0 Å². The SMILES string of the molecule is CC(C)c1ccc(C(=[OH+])/C=C/c2ccccc2)cc1. The lowest BCUT2D eigenvalue weighted by Gasteiger charge is -2.03. The van der Waals surface area contributed by atoms with E-state index in [0.717, 1.165) is 11.1 Å². The summed E-state index contributed by atoms with van der Waals surface area (Å²) in [5, 5.41) is 0.